The van der Waals surface area contributed by atoms with Crippen molar-refractivity contribution in [1.29, 1.82) is 0 Å². The third kappa shape index (κ3) is 1.88. The second kappa shape index (κ2) is 4.03. The summed E-state index contributed by atoms with van der Waals surface area (Å²) < 4.78 is 5.63. The summed E-state index contributed by atoms with van der Waals surface area (Å²) in [6.45, 7) is 4.71. The Morgan fingerprint density at radius 2 is 2.27 bits per heavy atom. The Hall–Kier alpha value is -1.35. The van der Waals surface area contributed by atoms with Gasteiger partial charge in [0, 0.05) is 12.5 Å². The molecule has 0 amide bonds. The molecule has 2 rings (SSSR count). The van der Waals surface area contributed by atoms with Crippen molar-refractivity contribution in [3.05, 3.63) is 29.7 Å². The van der Waals surface area contributed by atoms with Gasteiger partial charge >= 0.3 is 0 Å². The summed E-state index contributed by atoms with van der Waals surface area (Å²) in [5.74, 6) is 0.920. The van der Waals surface area contributed by atoms with E-state index in [0.29, 0.717) is 6.54 Å². The first-order chi connectivity index (χ1) is 7.24. The minimum atomic E-state index is 0.183. The van der Waals surface area contributed by atoms with Gasteiger partial charge in [0.05, 0.1) is 0 Å². The van der Waals surface area contributed by atoms with Gasteiger partial charge in [0.25, 0.3) is 0 Å². The van der Waals surface area contributed by atoms with Crippen molar-refractivity contribution in [3.63, 3.8) is 0 Å². The van der Waals surface area contributed by atoms with Gasteiger partial charge in [-0.1, -0.05) is 19.9 Å². The van der Waals surface area contributed by atoms with Gasteiger partial charge in [0.15, 0.2) is 11.5 Å². The molecule has 1 unspecified atom stereocenters. The molecule has 0 aliphatic rings. The topological polar surface area (TPSA) is 52.0 Å². The predicted molar refractivity (Wildman–Crippen MR) is 60.9 cm³/mol. The highest BCUT2D eigenvalue weighted by Gasteiger charge is 2.11. The van der Waals surface area contributed by atoms with Crippen LogP contribution < -0.4 is 5.73 Å². The molecule has 0 saturated carbocycles. The molecule has 3 heteroatoms. The molecule has 0 spiro atoms. The van der Waals surface area contributed by atoms with Crippen LogP contribution in [0.25, 0.3) is 11.1 Å². The van der Waals surface area contributed by atoms with Gasteiger partial charge in [-0.3, -0.25) is 0 Å². The first kappa shape index (κ1) is 10.2. The van der Waals surface area contributed by atoms with E-state index in [1.165, 1.54) is 5.56 Å². The molecule has 0 fully saturated rings. The van der Waals surface area contributed by atoms with Gasteiger partial charge in [-0.25, -0.2) is 4.98 Å². The fourth-order valence-electron chi connectivity index (χ4n) is 1.52. The molecule has 2 N–H and O–H groups in total. The molecular formula is C12H16N2O. The molecule has 3 nitrogen and oxygen atoms in total. The number of hydrogen-bond acceptors (Lipinski definition) is 3. The summed E-state index contributed by atoms with van der Waals surface area (Å²) in [4.78, 5) is 4.45. The zero-order chi connectivity index (χ0) is 10.8. The standard InChI is InChI=1S/C12H16N2O/c1-3-9-4-5-11-10(6-9)14-12(15-11)8(2)7-13/h4-6,8H,3,7,13H2,1-2H3. The summed E-state index contributed by atoms with van der Waals surface area (Å²) in [5.41, 5.74) is 8.65. The van der Waals surface area contributed by atoms with Crippen LogP contribution in [0, 0.1) is 0 Å². The smallest absolute Gasteiger partial charge is 0.199 e. The summed E-state index contributed by atoms with van der Waals surface area (Å²) in [6, 6.07) is 6.13. The average molecular weight is 204 g/mol. The van der Waals surface area contributed by atoms with E-state index in [1.807, 2.05) is 13.0 Å². The molecule has 0 aliphatic heterocycles. The highest BCUT2D eigenvalue weighted by atomic mass is 16.3. The Morgan fingerprint density at radius 3 is 2.93 bits per heavy atom. The lowest BCUT2D eigenvalue weighted by molar-refractivity contribution is 0.489. The predicted octanol–water partition coefficient (Wildman–Crippen LogP) is 2.45. The summed E-state index contributed by atoms with van der Waals surface area (Å²) in [5, 5.41) is 0. The molecular weight excluding hydrogens is 188 g/mol. The lowest BCUT2D eigenvalue weighted by Crippen LogP contribution is -2.08. The SMILES string of the molecule is CCc1ccc2oc(C(C)CN)nc2c1. The first-order valence-electron chi connectivity index (χ1n) is 5.34. The van der Waals surface area contributed by atoms with Crippen LogP contribution in [0.2, 0.25) is 0 Å². The van der Waals surface area contributed by atoms with Crippen molar-refractivity contribution < 1.29 is 4.42 Å². The lowest BCUT2D eigenvalue weighted by atomic mass is 10.1. The number of fused-ring (bicyclic) bond motifs is 1. The molecule has 1 aromatic heterocycles. The monoisotopic (exact) mass is 204 g/mol. The van der Waals surface area contributed by atoms with E-state index in [2.05, 4.69) is 24.0 Å². The third-order valence-corrected chi connectivity index (χ3v) is 2.65. The number of rotatable bonds is 3. The van der Waals surface area contributed by atoms with Crippen molar-refractivity contribution in [2.75, 3.05) is 6.54 Å². The minimum absolute atomic E-state index is 0.183. The van der Waals surface area contributed by atoms with Gasteiger partial charge in [0.1, 0.15) is 5.52 Å². The van der Waals surface area contributed by atoms with Gasteiger partial charge < -0.3 is 10.2 Å². The summed E-state index contributed by atoms with van der Waals surface area (Å²) in [7, 11) is 0. The quantitative estimate of drug-likeness (QED) is 0.835. The number of hydrogen-bond donors (Lipinski definition) is 1. The molecule has 2 aromatic rings. The average Bonchev–Trinajstić information content (AvgIpc) is 2.70. The van der Waals surface area contributed by atoms with E-state index in [-0.39, 0.29) is 5.92 Å². The minimum Gasteiger partial charge on any atom is -0.440 e. The van der Waals surface area contributed by atoms with E-state index in [9.17, 15) is 0 Å². The molecule has 1 atom stereocenters. The second-order valence-electron chi connectivity index (χ2n) is 3.84. The van der Waals surface area contributed by atoms with Crippen molar-refractivity contribution in [1.82, 2.24) is 4.98 Å². The van der Waals surface area contributed by atoms with Crippen LogP contribution in [0.5, 0.6) is 0 Å². The molecule has 0 radical (unpaired) electrons. The largest absolute Gasteiger partial charge is 0.440 e. The number of benzene rings is 1. The maximum atomic E-state index is 5.63. The highest BCUT2D eigenvalue weighted by Crippen LogP contribution is 2.21. The molecule has 15 heavy (non-hydrogen) atoms. The lowest BCUT2D eigenvalue weighted by Gasteiger charge is -1.99. The second-order valence-corrected chi connectivity index (χ2v) is 3.84. The van der Waals surface area contributed by atoms with Gasteiger partial charge in [-0.05, 0) is 24.1 Å². The maximum absolute atomic E-state index is 5.63. The Balaban J connectivity index is 2.46. The van der Waals surface area contributed by atoms with Crippen LogP contribution in [0.3, 0.4) is 0 Å². The van der Waals surface area contributed by atoms with Crippen LogP contribution >= 0.6 is 0 Å². The van der Waals surface area contributed by atoms with Crippen LogP contribution in [-0.2, 0) is 6.42 Å². The highest BCUT2D eigenvalue weighted by molar-refractivity contribution is 5.73. The Kier molecular flexibility index (Phi) is 2.73. The van der Waals surface area contributed by atoms with Crippen molar-refractivity contribution in [2.24, 2.45) is 5.73 Å². The Labute approximate surface area is 89.3 Å². The number of oxazole rings is 1. The van der Waals surface area contributed by atoms with Crippen molar-refractivity contribution in [2.45, 2.75) is 26.2 Å². The van der Waals surface area contributed by atoms with Crippen molar-refractivity contribution in [3.8, 4) is 0 Å². The molecule has 80 valence electrons. The van der Waals surface area contributed by atoms with Gasteiger partial charge in [0.2, 0.25) is 0 Å². The molecule has 1 heterocycles. The molecule has 1 aromatic carbocycles. The number of aromatic nitrogens is 1. The fourth-order valence-corrected chi connectivity index (χ4v) is 1.52. The zero-order valence-electron chi connectivity index (χ0n) is 9.16. The molecule has 0 aliphatic carbocycles. The third-order valence-electron chi connectivity index (χ3n) is 2.65. The van der Waals surface area contributed by atoms with E-state index >= 15 is 0 Å². The summed E-state index contributed by atoms with van der Waals surface area (Å²) in [6.07, 6.45) is 1.02. The number of nitrogens with two attached hydrogens (primary N) is 1. The van der Waals surface area contributed by atoms with Crippen molar-refractivity contribution >= 4 is 11.1 Å². The van der Waals surface area contributed by atoms with Gasteiger partial charge in [-0.15, -0.1) is 0 Å². The number of nitrogens with zero attached hydrogens (tertiary/aromatic N) is 1. The summed E-state index contributed by atoms with van der Waals surface area (Å²) >= 11 is 0. The Morgan fingerprint density at radius 1 is 1.47 bits per heavy atom. The van der Waals surface area contributed by atoms with E-state index in [4.69, 9.17) is 10.2 Å². The van der Waals surface area contributed by atoms with E-state index < -0.39 is 0 Å². The van der Waals surface area contributed by atoms with Crippen LogP contribution in [0.4, 0.5) is 0 Å². The van der Waals surface area contributed by atoms with E-state index in [1.54, 1.807) is 0 Å². The Bertz CT molecular complexity index is 462. The van der Waals surface area contributed by atoms with Gasteiger partial charge in [-0.2, -0.15) is 0 Å². The van der Waals surface area contributed by atoms with Crippen LogP contribution in [-0.4, -0.2) is 11.5 Å². The zero-order valence-corrected chi connectivity index (χ0v) is 9.16. The fraction of sp³-hybridized carbons (Fsp3) is 0.417. The van der Waals surface area contributed by atoms with Crippen LogP contribution in [0.1, 0.15) is 31.2 Å². The maximum Gasteiger partial charge on any atom is 0.199 e. The first-order valence-corrected chi connectivity index (χ1v) is 5.34. The molecule has 0 bridgehead atoms. The van der Waals surface area contributed by atoms with E-state index in [0.717, 1.165) is 23.4 Å². The normalized spacial score (nSPS) is 13.3. The van der Waals surface area contributed by atoms with Crippen LogP contribution in [0.15, 0.2) is 22.6 Å². The number of aryl methyl sites for hydroxylation is 1. The molecule has 0 saturated heterocycles.